The third-order valence-electron chi connectivity index (χ3n) is 3.50. The fourth-order valence-electron chi connectivity index (χ4n) is 2.16. The predicted octanol–water partition coefficient (Wildman–Crippen LogP) is 2.94. The molecule has 0 saturated carbocycles. The zero-order valence-electron chi connectivity index (χ0n) is 13.0. The summed E-state index contributed by atoms with van der Waals surface area (Å²) in [5.74, 6) is 1.00. The minimum Gasteiger partial charge on any atom is -0.484 e. The maximum absolute atomic E-state index is 12.0. The number of hydrogen-bond donors (Lipinski definition) is 1. The normalized spacial score (nSPS) is 21.3. The number of halogens is 1. The number of nitrogens with zero attached hydrogens (tertiary/aromatic N) is 1. The van der Waals surface area contributed by atoms with Gasteiger partial charge in [-0.2, -0.15) is 0 Å². The van der Waals surface area contributed by atoms with Crippen LogP contribution in [0.2, 0.25) is 5.02 Å². The molecule has 2 rings (SSSR count). The Hall–Kier alpha value is -1.26. The largest absolute Gasteiger partial charge is 0.484 e. The van der Waals surface area contributed by atoms with Crippen molar-refractivity contribution in [2.75, 3.05) is 19.7 Å². The smallest absolute Gasteiger partial charge is 0.260 e. The lowest BCUT2D eigenvalue weighted by atomic mass is 9.95. The fourth-order valence-corrected chi connectivity index (χ4v) is 2.28. The van der Waals surface area contributed by atoms with Crippen molar-refractivity contribution in [1.29, 1.82) is 0 Å². The zero-order chi connectivity index (χ0) is 15.8. The van der Waals surface area contributed by atoms with Crippen molar-refractivity contribution in [3.63, 3.8) is 0 Å². The first-order valence-corrected chi connectivity index (χ1v) is 7.86. The van der Waals surface area contributed by atoms with Crippen molar-refractivity contribution in [1.82, 2.24) is 4.90 Å². The Bertz CT molecular complexity index is 436. The molecule has 1 aliphatic heterocycles. The van der Waals surface area contributed by atoms with Gasteiger partial charge in [0.2, 0.25) is 0 Å². The van der Waals surface area contributed by atoms with Gasteiger partial charge in [-0.1, -0.05) is 32.4 Å². The molecule has 1 amide bonds. The van der Waals surface area contributed by atoms with Crippen molar-refractivity contribution >= 4 is 17.5 Å². The Balaban J connectivity index is 0.00000106. The van der Waals surface area contributed by atoms with Gasteiger partial charge in [0.05, 0.1) is 0 Å². The van der Waals surface area contributed by atoms with E-state index in [1.165, 1.54) is 0 Å². The summed E-state index contributed by atoms with van der Waals surface area (Å²) in [6, 6.07) is 7.18. The van der Waals surface area contributed by atoms with E-state index in [0.29, 0.717) is 29.8 Å². The number of benzene rings is 1. The van der Waals surface area contributed by atoms with Crippen molar-refractivity contribution in [2.24, 2.45) is 11.7 Å². The van der Waals surface area contributed by atoms with E-state index in [1.807, 2.05) is 18.7 Å². The van der Waals surface area contributed by atoms with Crippen molar-refractivity contribution < 1.29 is 9.53 Å². The molecule has 2 unspecified atom stereocenters. The lowest BCUT2D eigenvalue weighted by Gasteiger charge is -2.35. The first kappa shape index (κ1) is 17.8. The summed E-state index contributed by atoms with van der Waals surface area (Å²) in [7, 11) is 0. The van der Waals surface area contributed by atoms with Crippen LogP contribution >= 0.6 is 11.6 Å². The second kappa shape index (κ2) is 8.90. The second-order valence-electron chi connectivity index (χ2n) is 5.01. The number of likely N-dealkylation sites (tertiary alicyclic amines) is 1. The Morgan fingerprint density at radius 1 is 1.38 bits per heavy atom. The van der Waals surface area contributed by atoms with Crippen molar-refractivity contribution in [2.45, 2.75) is 33.2 Å². The molecule has 2 atom stereocenters. The predicted molar refractivity (Wildman–Crippen MR) is 86.6 cm³/mol. The molecule has 0 spiro atoms. The average molecular weight is 313 g/mol. The molecule has 5 heteroatoms. The van der Waals surface area contributed by atoms with Crippen LogP contribution < -0.4 is 10.5 Å². The van der Waals surface area contributed by atoms with Gasteiger partial charge in [-0.05, 0) is 36.6 Å². The van der Waals surface area contributed by atoms with Crippen LogP contribution in [0.15, 0.2) is 24.3 Å². The van der Waals surface area contributed by atoms with Crippen molar-refractivity contribution in [3.8, 4) is 5.75 Å². The highest BCUT2D eigenvalue weighted by molar-refractivity contribution is 6.30. The molecule has 1 heterocycles. The van der Waals surface area contributed by atoms with E-state index in [1.54, 1.807) is 24.3 Å². The molecule has 1 aromatic carbocycles. The molecule has 0 bridgehead atoms. The molecule has 21 heavy (non-hydrogen) atoms. The number of carbonyl (C=O) groups is 1. The Kier molecular flexibility index (Phi) is 7.54. The summed E-state index contributed by atoms with van der Waals surface area (Å²) in [5, 5.41) is 0.650. The molecule has 1 saturated heterocycles. The Morgan fingerprint density at radius 3 is 2.57 bits per heavy atom. The third kappa shape index (κ3) is 5.56. The van der Waals surface area contributed by atoms with E-state index in [-0.39, 0.29) is 18.6 Å². The average Bonchev–Trinajstić information content (AvgIpc) is 2.51. The van der Waals surface area contributed by atoms with Gasteiger partial charge in [0.25, 0.3) is 5.91 Å². The first-order chi connectivity index (χ1) is 10.1. The minimum atomic E-state index is 0.00806. The van der Waals surface area contributed by atoms with E-state index in [2.05, 4.69) is 6.92 Å². The molecule has 1 aromatic rings. The van der Waals surface area contributed by atoms with Crippen LogP contribution in [0.4, 0.5) is 0 Å². The molecule has 2 N–H and O–H groups in total. The fraction of sp³-hybridized carbons (Fsp3) is 0.562. The Labute approximate surface area is 132 Å². The molecule has 0 aromatic heterocycles. The van der Waals surface area contributed by atoms with E-state index in [0.717, 1.165) is 6.42 Å². The van der Waals surface area contributed by atoms with Gasteiger partial charge in [-0.15, -0.1) is 0 Å². The Morgan fingerprint density at radius 2 is 2.00 bits per heavy atom. The molecule has 1 fully saturated rings. The number of ether oxygens (including phenoxy) is 1. The van der Waals surface area contributed by atoms with Gasteiger partial charge in [0.15, 0.2) is 6.61 Å². The maximum Gasteiger partial charge on any atom is 0.260 e. The van der Waals surface area contributed by atoms with Gasteiger partial charge < -0.3 is 15.4 Å². The number of piperidine rings is 1. The first-order valence-electron chi connectivity index (χ1n) is 7.48. The highest BCUT2D eigenvalue weighted by Gasteiger charge is 2.26. The maximum atomic E-state index is 12.0. The topological polar surface area (TPSA) is 55.6 Å². The van der Waals surface area contributed by atoms with Crippen LogP contribution in [0, 0.1) is 5.92 Å². The number of amides is 1. The summed E-state index contributed by atoms with van der Waals surface area (Å²) in [5.41, 5.74) is 5.94. The van der Waals surface area contributed by atoms with Gasteiger partial charge in [-0.3, -0.25) is 4.79 Å². The quantitative estimate of drug-likeness (QED) is 0.933. The van der Waals surface area contributed by atoms with Gasteiger partial charge in [-0.25, -0.2) is 0 Å². The van der Waals surface area contributed by atoms with Gasteiger partial charge in [0.1, 0.15) is 5.75 Å². The molecule has 0 aliphatic carbocycles. The molecule has 4 nitrogen and oxygen atoms in total. The van der Waals surface area contributed by atoms with E-state index < -0.39 is 0 Å². The number of nitrogens with two attached hydrogens (primary N) is 1. The van der Waals surface area contributed by atoms with E-state index >= 15 is 0 Å². The summed E-state index contributed by atoms with van der Waals surface area (Å²) >= 11 is 5.78. The van der Waals surface area contributed by atoms with Crippen LogP contribution in [0.25, 0.3) is 0 Å². The van der Waals surface area contributed by atoms with Gasteiger partial charge in [0, 0.05) is 24.2 Å². The highest BCUT2D eigenvalue weighted by Crippen LogP contribution is 2.17. The lowest BCUT2D eigenvalue weighted by Crippen LogP contribution is -2.49. The lowest BCUT2D eigenvalue weighted by molar-refractivity contribution is -0.135. The summed E-state index contributed by atoms with van der Waals surface area (Å²) in [6.07, 6.45) is 0.855. The zero-order valence-corrected chi connectivity index (χ0v) is 13.8. The molecular formula is C16H25ClN2O2. The minimum absolute atomic E-state index is 0.00806. The summed E-state index contributed by atoms with van der Waals surface area (Å²) in [6.45, 7) is 7.56. The molecular weight excluding hydrogens is 288 g/mol. The number of carbonyl (C=O) groups excluding carboxylic acids is 1. The number of rotatable bonds is 3. The van der Waals surface area contributed by atoms with E-state index in [9.17, 15) is 4.79 Å². The van der Waals surface area contributed by atoms with E-state index in [4.69, 9.17) is 22.1 Å². The van der Waals surface area contributed by atoms with Crippen molar-refractivity contribution in [3.05, 3.63) is 29.3 Å². The van der Waals surface area contributed by atoms with Crippen LogP contribution in [-0.4, -0.2) is 36.5 Å². The summed E-state index contributed by atoms with van der Waals surface area (Å²) < 4.78 is 5.46. The van der Waals surface area contributed by atoms with Crippen LogP contribution in [0.5, 0.6) is 5.75 Å². The highest BCUT2D eigenvalue weighted by atomic mass is 35.5. The monoisotopic (exact) mass is 312 g/mol. The van der Waals surface area contributed by atoms with Crippen LogP contribution in [-0.2, 0) is 4.79 Å². The third-order valence-corrected chi connectivity index (χ3v) is 3.75. The van der Waals surface area contributed by atoms with Crippen LogP contribution in [0.1, 0.15) is 27.2 Å². The van der Waals surface area contributed by atoms with Gasteiger partial charge >= 0.3 is 0 Å². The molecule has 1 aliphatic rings. The molecule has 118 valence electrons. The summed E-state index contributed by atoms with van der Waals surface area (Å²) in [4.78, 5) is 13.8. The number of hydrogen-bond acceptors (Lipinski definition) is 3. The standard InChI is InChI=1S/C14H19ClN2O2.C2H6/c1-10-8-17(7-6-13(10)16)14(18)9-19-12-4-2-11(15)3-5-12;1-2/h2-5,10,13H,6-9,16H2,1H3;1-2H3. The van der Waals surface area contributed by atoms with Crippen LogP contribution in [0.3, 0.4) is 0 Å². The second-order valence-corrected chi connectivity index (χ2v) is 5.45. The SMILES string of the molecule is CC.CC1CN(C(=O)COc2ccc(Cl)cc2)CCC1N. The molecule has 0 radical (unpaired) electrons.